The van der Waals surface area contributed by atoms with E-state index in [0.29, 0.717) is 12.2 Å². The van der Waals surface area contributed by atoms with Crippen LogP contribution in [0.1, 0.15) is 13.3 Å². The summed E-state index contributed by atoms with van der Waals surface area (Å²) in [5.41, 5.74) is 5.58. The van der Waals surface area contributed by atoms with Crippen LogP contribution >= 0.6 is 11.8 Å². The minimum absolute atomic E-state index is 0.197. The molecular formula is C11H17FN2O2S2. The molecule has 0 saturated heterocycles. The number of rotatable bonds is 6. The van der Waals surface area contributed by atoms with Gasteiger partial charge < -0.3 is 5.73 Å². The minimum Gasteiger partial charge on any atom is -0.399 e. The lowest BCUT2D eigenvalue weighted by molar-refractivity contribution is 0.541. The first kappa shape index (κ1) is 15.3. The van der Waals surface area contributed by atoms with Crippen molar-refractivity contribution in [3.05, 3.63) is 24.0 Å². The van der Waals surface area contributed by atoms with Crippen molar-refractivity contribution < 1.29 is 12.8 Å². The topological polar surface area (TPSA) is 72.2 Å². The molecule has 0 bridgehead atoms. The maximum absolute atomic E-state index is 13.6. The molecule has 0 fully saturated rings. The molecule has 0 aliphatic rings. The average Bonchev–Trinajstić information content (AvgIpc) is 2.27. The molecule has 0 spiro atoms. The highest BCUT2D eigenvalue weighted by molar-refractivity contribution is 7.98. The monoisotopic (exact) mass is 292 g/mol. The maximum Gasteiger partial charge on any atom is 0.243 e. The number of halogens is 1. The summed E-state index contributed by atoms with van der Waals surface area (Å²) in [7, 11) is -3.84. The number of sulfonamides is 1. The molecular weight excluding hydrogens is 275 g/mol. The summed E-state index contributed by atoms with van der Waals surface area (Å²) in [6.07, 6.45) is 2.54. The van der Waals surface area contributed by atoms with E-state index in [1.54, 1.807) is 0 Å². The molecule has 1 unspecified atom stereocenters. The molecule has 1 rings (SSSR count). The van der Waals surface area contributed by atoms with Crippen molar-refractivity contribution in [2.45, 2.75) is 24.3 Å². The van der Waals surface area contributed by atoms with Crippen molar-refractivity contribution in [2.75, 3.05) is 17.7 Å². The van der Waals surface area contributed by atoms with Crippen molar-refractivity contribution >= 4 is 27.5 Å². The van der Waals surface area contributed by atoms with Crippen molar-refractivity contribution in [3.8, 4) is 0 Å². The van der Waals surface area contributed by atoms with E-state index in [4.69, 9.17) is 5.73 Å². The maximum atomic E-state index is 13.6. The minimum atomic E-state index is -3.84. The van der Waals surface area contributed by atoms with E-state index in [1.807, 2.05) is 13.2 Å². The van der Waals surface area contributed by atoms with Crippen molar-refractivity contribution in [1.29, 1.82) is 0 Å². The Bertz CT molecular complexity index is 506. The molecule has 3 N–H and O–H groups in total. The first-order valence-electron chi connectivity index (χ1n) is 5.47. The largest absolute Gasteiger partial charge is 0.399 e. The lowest BCUT2D eigenvalue weighted by Gasteiger charge is -2.16. The van der Waals surface area contributed by atoms with E-state index in [0.717, 1.165) is 6.07 Å². The number of nitrogens with one attached hydrogen (secondary N) is 1. The third-order valence-corrected chi connectivity index (χ3v) is 4.72. The first-order valence-corrected chi connectivity index (χ1v) is 8.34. The fourth-order valence-electron chi connectivity index (χ4n) is 1.45. The number of anilines is 1. The van der Waals surface area contributed by atoms with Gasteiger partial charge in [0.2, 0.25) is 10.0 Å². The second-order valence-corrected chi connectivity index (χ2v) is 6.46. The average molecular weight is 292 g/mol. The van der Waals surface area contributed by atoms with Gasteiger partial charge >= 0.3 is 0 Å². The normalized spacial score (nSPS) is 13.5. The number of hydrogen-bond acceptors (Lipinski definition) is 4. The second kappa shape index (κ2) is 6.40. The highest BCUT2D eigenvalue weighted by Gasteiger charge is 2.22. The van der Waals surface area contributed by atoms with E-state index in [9.17, 15) is 12.8 Å². The third-order valence-electron chi connectivity index (χ3n) is 2.43. The number of thioether (sulfide) groups is 1. The van der Waals surface area contributed by atoms with Crippen LogP contribution in [0.5, 0.6) is 0 Å². The van der Waals surface area contributed by atoms with E-state index in [1.165, 1.54) is 23.9 Å². The van der Waals surface area contributed by atoms with Crippen molar-refractivity contribution in [2.24, 2.45) is 0 Å². The van der Waals surface area contributed by atoms with E-state index >= 15 is 0 Å². The summed E-state index contributed by atoms with van der Waals surface area (Å²) in [4.78, 5) is -0.365. The summed E-state index contributed by atoms with van der Waals surface area (Å²) >= 11 is 1.54. The van der Waals surface area contributed by atoms with Gasteiger partial charge in [-0.15, -0.1) is 0 Å². The Morgan fingerprint density at radius 3 is 2.67 bits per heavy atom. The van der Waals surface area contributed by atoms with Crippen molar-refractivity contribution in [3.63, 3.8) is 0 Å². The summed E-state index contributed by atoms with van der Waals surface area (Å²) in [6.45, 7) is 1.88. The van der Waals surface area contributed by atoms with Gasteiger partial charge in [-0.05, 0) is 30.9 Å². The van der Waals surface area contributed by atoms with E-state index < -0.39 is 15.8 Å². The zero-order valence-electron chi connectivity index (χ0n) is 10.3. The van der Waals surface area contributed by atoms with Gasteiger partial charge in [0, 0.05) is 17.5 Å². The van der Waals surface area contributed by atoms with Crippen LogP contribution in [-0.2, 0) is 10.0 Å². The predicted octanol–water partition coefficient (Wildman–Crippen LogP) is 1.83. The van der Waals surface area contributed by atoms with E-state index in [-0.39, 0.29) is 16.6 Å². The van der Waals surface area contributed by atoms with Crippen LogP contribution in [0.15, 0.2) is 23.1 Å². The lowest BCUT2D eigenvalue weighted by Crippen LogP contribution is -2.36. The fraction of sp³-hybridized carbons (Fsp3) is 0.455. The van der Waals surface area contributed by atoms with Crippen LogP contribution < -0.4 is 10.5 Å². The molecule has 1 atom stereocenters. The SMILES string of the molecule is CCC(CSC)NS(=O)(=O)c1ccc(N)cc1F. The van der Waals surface area contributed by atoms with Gasteiger partial charge in [0.05, 0.1) is 0 Å². The molecule has 0 amide bonds. The molecule has 0 saturated carbocycles. The third kappa shape index (κ3) is 3.86. The Morgan fingerprint density at radius 1 is 1.50 bits per heavy atom. The highest BCUT2D eigenvalue weighted by atomic mass is 32.2. The van der Waals surface area contributed by atoms with Gasteiger partial charge in [0.1, 0.15) is 10.7 Å². The molecule has 4 nitrogen and oxygen atoms in total. The fourth-order valence-corrected chi connectivity index (χ4v) is 3.66. The summed E-state index contributed by atoms with van der Waals surface area (Å²) in [5, 5.41) is 0. The molecule has 1 aromatic rings. The predicted molar refractivity (Wildman–Crippen MR) is 73.6 cm³/mol. The molecule has 18 heavy (non-hydrogen) atoms. The molecule has 0 heterocycles. The Morgan fingerprint density at radius 2 is 2.17 bits per heavy atom. The quantitative estimate of drug-likeness (QED) is 0.785. The Kier molecular flexibility index (Phi) is 5.43. The summed E-state index contributed by atoms with van der Waals surface area (Å²) in [5.74, 6) is -0.187. The molecule has 7 heteroatoms. The summed E-state index contributed by atoms with van der Waals surface area (Å²) < 4.78 is 40.1. The Balaban J connectivity index is 2.99. The number of benzene rings is 1. The Labute approximate surface area is 111 Å². The smallest absolute Gasteiger partial charge is 0.243 e. The van der Waals surface area contributed by atoms with Crippen molar-refractivity contribution in [1.82, 2.24) is 4.72 Å². The van der Waals surface area contributed by atoms with Crippen LogP contribution in [0.2, 0.25) is 0 Å². The molecule has 0 aliphatic carbocycles. The van der Waals surface area contributed by atoms with Crippen LogP contribution in [-0.4, -0.2) is 26.5 Å². The van der Waals surface area contributed by atoms with Crippen LogP contribution in [0.4, 0.5) is 10.1 Å². The molecule has 102 valence electrons. The van der Waals surface area contributed by atoms with E-state index in [2.05, 4.69) is 4.72 Å². The van der Waals surface area contributed by atoms with Gasteiger partial charge in [-0.1, -0.05) is 6.92 Å². The zero-order chi connectivity index (χ0) is 13.8. The van der Waals surface area contributed by atoms with Gasteiger partial charge in [-0.2, -0.15) is 11.8 Å². The number of hydrogen-bond donors (Lipinski definition) is 2. The molecule has 0 radical (unpaired) electrons. The van der Waals surface area contributed by atoms with Gasteiger partial charge in [0.25, 0.3) is 0 Å². The molecule has 1 aromatic carbocycles. The van der Waals surface area contributed by atoms with Gasteiger partial charge in [-0.25, -0.2) is 17.5 Å². The number of nitrogens with two attached hydrogens (primary N) is 1. The lowest BCUT2D eigenvalue weighted by atomic mass is 10.3. The second-order valence-electron chi connectivity index (χ2n) is 3.87. The number of nitrogen functional groups attached to an aromatic ring is 1. The molecule has 0 aliphatic heterocycles. The molecule has 0 aromatic heterocycles. The first-order chi connectivity index (χ1) is 8.40. The van der Waals surface area contributed by atoms with Crippen LogP contribution in [0.25, 0.3) is 0 Å². The van der Waals surface area contributed by atoms with Gasteiger partial charge in [0.15, 0.2) is 0 Å². The van der Waals surface area contributed by atoms with Crippen LogP contribution in [0, 0.1) is 5.82 Å². The van der Waals surface area contributed by atoms with Gasteiger partial charge in [-0.3, -0.25) is 0 Å². The van der Waals surface area contributed by atoms with Crippen LogP contribution in [0.3, 0.4) is 0 Å². The Hall–Kier alpha value is -0.790. The zero-order valence-corrected chi connectivity index (χ0v) is 11.9. The highest BCUT2D eigenvalue weighted by Crippen LogP contribution is 2.18. The standard InChI is InChI=1S/C11H17FN2O2S2/c1-3-9(7-17-2)14-18(15,16)11-5-4-8(13)6-10(11)12/h4-6,9,14H,3,7,13H2,1-2H3. The summed E-state index contributed by atoms with van der Waals surface area (Å²) in [6, 6.07) is 3.35.